The van der Waals surface area contributed by atoms with E-state index in [1.54, 1.807) is 10.9 Å². The summed E-state index contributed by atoms with van der Waals surface area (Å²) >= 11 is 0. The highest BCUT2D eigenvalue weighted by atomic mass is 16.5. The molecule has 3 aliphatic rings. The van der Waals surface area contributed by atoms with Crippen LogP contribution in [0.15, 0.2) is 42.9 Å². The minimum absolute atomic E-state index is 0.0533. The van der Waals surface area contributed by atoms with Crippen molar-refractivity contribution in [2.75, 3.05) is 26.3 Å². The van der Waals surface area contributed by atoms with Crippen LogP contribution in [0.25, 0.3) is 11.4 Å². The summed E-state index contributed by atoms with van der Waals surface area (Å²) in [5.41, 5.74) is 7.22. The van der Waals surface area contributed by atoms with E-state index in [1.165, 1.54) is 24.0 Å². The van der Waals surface area contributed by atoms with Crippen LogP contribution in [0.5, 0.6) is 0 Å². The SMILES string of the molecule is Cc1cc(CC(=O)c2cnn(-c3ccc(C4CC4)cn3)c2C)cnc1C1=CC[C@@H](N2CCOCC2)CC1. The molecule has 3 aromatic rings. The van der Waals surface area contributed by atoms with Crippen molar-refractivity contribution in [2.45, 2.75) is 64.3 Å². The lowest BCUT2D eigenvalue weighted by molar-refractivity contribution is 0.0150. The van der Waals surface area contributed by atoms with Gasteiger partial charge in [-0.3, -0.25) is 14.7 Å². The van der Waals surface area contributed by atoms with Crippen LogP contribution in [0, 0.1) is 13.8 Å². The lowest BCUT2D eigenvalue weighted by atomic mass is 9.90. The Morgan fingerprint density at radius 2 is 1.89 bits per heavy atom. The summed E-state index contributed by atoms with van der Waals surface area (Å²) in [6.07, 6.45) is 13.9. The van der Waals surface area contributed by atoms with Gasteiger partial charge in [0.15, 0.2) is 11.6 Å². The van der Waals surface area contributed by atoms with Crippen LogP contribution >= 0.6 is 0 Å². The molecular weight excluding hydrogens is 462 g/mol. The monoisotopic (exact) mass is 497 g/mol. The van der Waals surface area contributed by atoms with Gasteiger partial charge >= 0.3 is 0 Å². The topological polar surface area (TPSA) is 73.1 Å². The second kappa shape index (κ2) is 10.3. The molecule has 37 heavy (non-hydrogen) atoms. The first-order chi connectivity index (χ1) is 18.1. The van der Waals surface area contributed by atoms with E-state index in [9.17, 15) is 4.79 Å². The van der Waals surface area contributed by atoms with Crippen LogP contribution in [0.4, 0.5) is 0 Å². The number of nitrogens with zero attached hydrogens (tertiary/aromatic N) is 5. The first-order valence-corrected chi connectivity index (χ1v) is 13.6. The number of carbonyl (C=O) groups excluding carboxylic acids is 1. The van der Waals surface area contributed by atoms with E-state index in [-0.39, 0.29) is 5.78 Å². The third kappa shape index (κ3) is 5.15. The molecule has 4 heterocycles. The quantitative estimate of drug-likeness (QED) is 0.435. The molecule has 0 radical (unpaired) electrons. The van der Waals surface area contributed by atoms with Crippen molar-refractivity contribution in [3.8, 4) is 5.82 Å². The number of Topliss-reactive ketones (excluding diaryl/α,β-unsaturated/α-hetero) is 1. The summed E-state index contributed by atoms with van der Waals surface area (Å²) in [5, 5.41) is 4.47. The average molecular weight is 498 g/mol. The van der Waals surface area contributed by atoms with Crippen LogP contribution in [0.1, 0.15) is 76.5 Å². The molecule has 3 aromatic heterocycles. The Bertz CT molecular complexity index is 1320. The van der Waals surface area contributed by atoms with Crippen molar-refractivity contribution in [3.63, 3.8) is 0 Å². The third-order valence-corrected chi connectivity index (χ3v) is 8.10. The van der Waals surface area contributed by atoms with E-state index in [1.807, 2.05) is 25.4 Å². The lowest BCUT2D eigenvalue weighted by Crippen LogP contribution is -2.43. The standard InChI is InChI=1S/C30H35N5O2/c1-20-15-22(17-32-30(20)24-5-8-26(9-6-24)34-11-13-37-14-12-34)16-28(36)27-19-33-35(21(27)2)29-10-7-25(18-31-29)23-3-4-23/h5,7,10,15,17-19,23,26H,3-4,6,8-9,11-14,16H2,1-2H3/t26-/m1/s1. The largest absolute Gasteiger partial charge is 0.379 e. The third-order valence-electron chi connectivity index (χ3n) is 8.10. The fourth-order valence-electron chi connectivity index (χ4n) is 5.75. The van der Waals surface area contributed by atoms with Gasteiger partial charge in [-0.15, -0.1) is 0 Å². The van der Waals surface area contributed by atoms with Crippen molar-refractivity contribution in [2.24, 2.45) is 0 Å². The minimum atomic E-state index is 0.0533. The second-order valence-corrected chi connectivity index (χ2v) is 10.7. The summed E-state index contributed by atoms with van der Waals surface area (Å²) in [5.74, 6) is 1.47. The van der Waals surface area contributed by atoms with Crippen molar-refractivity contribution >= 4 is 11.4 Å². The molecule has 0 aromatic carbocycles. The summed E-state index contributed by atoms with van der Waals surface area (Å²) < 4.78 is 7.27. The van der Waals surface area contributed by atoms with Crippen LogP contribution in [-0.2, 0) is 11.2 Å². The normalized spacial score (nSPS) is 20.6. The van der Waals surface area contributed by atoms with Crippen LogP contribution in [-0.4, -0.2) is 62.8 Å². The van der Waals surface area contributed by atoms with Crippen molar-refractivity contribution < 1.29 is 9.53 Å². The number of hydrogen-bond acceptors (Lipinski definition) is 6. The summed E-state index contributed by atoms with van der Waals surface area (Å²) in [7, 11) is 0. The lowest BCUT2D eigenvalue weighted by Gasteiger charge is -2.36. The molecule has 0 spiro atoms. The molecule has 2 fully saturated rings. The molecule has 192 valence electrons. The van der Waals surface area contributed by atoms with Gasteiger partial charge < -0.3 is 4.74 Å². The van der Waals surface area contributed by atoms with Crippen molar-refractivity contribution in [1.29, 1.82) is 0 Å². The Balaban J connectivity index is 1.12. The van der Waals surface area contributed by atoms with Gasteiger partial charge in [-0.1, -0.05) is 18.2 Å². The number of morpholine rings is 1. The summed E-state index contributed by atoms with van der Waals surface area (Å²) in [6.45, 7) is 7.80. The number of allylic oxidation sites excluding steroid dienone is 1. The minimum Gasteiger partial charge on any atom is -0.379 e. The number of ether oxygens (including phenoxy) is 1. The number of pyridine rings is 2. The highest BCUT2D eigenvalue weighted by Gasteiger charge is 2.25. The molecule has 1 saturated heterocycles. The predicted octanol–water partition coefficient (Wildman–Crippen LogP) is 4.85. The van der Waals surface area contributed by atoms with Crippen LogP contribution in [0.3, 0.4) is 0 Å². The maximum absolute atomic E-state index is 13.2. The van der Waals surface area contributed by atoms with Gasteiger partial charge in [0.2, 0.25) is 0 Å². The molecule has 1 aliphatic heterocycles. The Morgan fingerprint density at radius 1 is 1.05 bits per heavy atom. The molecule has 0 bridgehead atoms. The fourth-order valence-corrected chi connectivity index (χ4v) is 5.75. The number of ketones is 1. The maximum Gasteiger partial charge on any atom is 0.170 e. The Kier molecular flexibility index (Phi) is 6.74. The van der Waals surface area contributed by atoms with E-state index in [0.29, 0.717) is 23.9 Å². The van der Waals surface area contributed by atoms with Crippen molar-refractivity contribution in [3.05, 3.63) is 76.5 Å². The molecule has 7 heteroatoms. The van der Waals surface area contributed by atoms with Gasteiger partial charge in [0.05, 0.1) is 36.4 Å². The smallest absolute Gasteiger partial charge is 0.170 e. The number of aryl methyl sites for hydroxylation is 1. The molecular formula is C30H35N5O2. The van der Waals surface area contributed by atoms with Crippen molar-refractivity contribution in [1.82, 2.24) is 24.6 Å². The van der Waals surface area contributed by atoms with Gasteiger partial charge in [-0.25, -0.2) is 9.67 Å². The molecule has 0 unspecified atom stereocenters. The molecule has 1 saturated carbocycles. The zero-order valence-electron chi connectivity index (χ0n) is 21.8. The van der Waals surface area contributed by atoms with E-state index >= 15 is 0 Å². The zero-order chi connectivity index (χ0) is 25.4. The van der Waals surface area contributed by atoms with Gasteiger partial charge in [0, 0.05) is 37.9 Å². The number of hydrogen-bond donors (Lipinski definition) is 0. The first kappa shape index (κ1) is 24.2. The summed E-state index contributed by atoms with van der Waals surface area (Å²) in [4.78, 5) is 25.1. The molecule has 0 amide bonds. The highest BCUT2D eigenvalue weighted by Crippen LogP contribution is 2.39. The summed E-state index contributed by atoms with van der Waals surface area (Å²) in [6, 6.07) is 6.85. The average Bonchev–Trinajstić information content (AvgIpc) is 3.71. The molecule has 7 nitrogen and oxygen atoms in total. The molecule has 6 rings (SSSR count). The Labute approximate surface area is 218 Å². The molecule has 1 atom stereocenters. The Morgan fingerprint density at radius 3 is 2.57 bits per heavy atom. The number of rotatable bonds is 7. The number of aromatic nitrogens is 4. The van der Waals surface area contributed by atoms with E-state index in [4.69, 9.17) is 9.72 Å². The molecule has 2 aliphatic carbocycles. The van der Waals surface area contributed by atoms with E-state index in [2.05, 4.69) is 40.1 Å². The predicted molar refractivity (Wildman–Crippen MR) is 143 cm³/mol. The Hall–Kier alpha value is -3.16. The maximum atomic E-state index is 13.2. The van der Waals surface area contributed by atoms with Gasteiger partial charge in [-0.2, -0.15) is 5.10 Å². The van der Waals surface area contributed by atoms with Gasteiger partial charge in [0.25, 0.3) is 0 Å². The van der Waals surface area contributed by atoms with Crippen LogP contribution < -0.4 is 0 Å². The van der Waals surface area contributed by atoms with E-state index in [0.717, 1.165) is 73.9 Å². The number of carbonyl (C=O) groups is 1. The van der Waals surface area contributed by atoms with Gasteiger partial charge in [-0.05, 0) is 80.2 Å². The van der Waals surface area contributed by atoms with E-state index < -0.39 is 0 Å². The first-order valence-electron chi connectivity index (χ1n) is 13.6. The molecule has 0 N–H and O–H groups in total. The highest BCUT2D eigenvalue weighted by molar-refractivity contribution is 5.98. The zero-order valence-corrected chi connectivity index (χ0v) is 21.8. The fraction of sp³-hybridized carbons (Fsp3) is 0.467. The van der Waals surface area contributed by atoms with Crippen LogP contribution in [0.2, 0.25) is 0 Å². The second-order valence-electron chi connectivity index (χ2n) is 10.7. The van der Waals surface area contributed by atoms with Gasteiger partial charge in [0.1, 0.15) is 0 Å².